The van der Waals surface area contributed by atoms with Crippen LogP contribution in [0.1, 0.15) is 19.3 Å². The van der Waals surface area contributed by atoms with Crippen molar-refractivity contribution in [1.29, 1.82) is 0 Å². The van der Waals surface area contributed by atoms with Crippen LogP contribution in [0.25, 0.3) is 0 Å². The lowest BCUT2D eigenvalue weighted by molar-refractivity contribution is -0.113. The molecule has 1 fully saturated rings. The summed E-state index contributed by atoms with van der Waals surface area (Å²) in [5.74, 6) is 0.668. The highest BCUT2D eigenvalue weighted by Gasteiger charge is 2.23. The molecule has 2 atom stereocenters. The molecule has 2 unspecified atom stereocenters. The van der Waals surface area contributed by atoms with Gasteiger partial charge < -0.3 is 15.2 Å². The Balaban J connectivity index is 2.31. The first-order valence-electron chi connectivity index (χ1n) is 4.65. The van der Waals surface area contributed by atoms with Gasteiger partial charge in [0.15, 0.2) is 0 Å². The molecule has 3 heteroatoms. The smallest absolute Gasteiger partial charge is 0.124 e. The summed E-state index contributed by atoms with van der Waals surface area (Å²) >= 11 is 0. The van der Waals surface area contributed by atoms with Gasteiger partial charge in [-0.05, 0) is 31.7 Å². The van der Waals surface area contributed by atoms with Gasteiger partial charge in [0.2, 0.25) is 0 Å². The normalized spacial score (nSPS) is 30.1. The van der Waals surface area contributed by atoms with Gasteiger partial charge in [-0.15, -0.1) is 0 Å². The predicted molar refractivity (Wildman–Crippen MR) is 46.9 cm³/mol. The Morgan fingerprint density at radius 2 is 2.42 bits per heavy atom. The highest BCUT2D eigenvalue weighted by molar-refractivity contribution is 5.54. The van der Waals surface area contributed by atoms with Crippen molar-refractivity contribution in [2.24, 2.45) is 11.8 Å². The number of carbonyl (C=O) groups is 1. The molecule has 1 saturated heterocycles. The summed E-state index contributed by atoms with van der Waals surface area (Å²) < 4.78 is 0. The number of rotatable bonds is 4. The maximum absolute atomic E-state index is 10.6. The van der Waals surface area contributed by atoms with E-state index in [1.54, 1.807) is 0 Å². The van der Waals surface area contributed by atoms with Gasteiger partial charge in [-0.3, -0.25) is 0 Å². The summed E-state index contributed by atoms with van der Waals surface area (Å²) in [7, 11) is 0. The lowest BCUT2D eigenvalue weighted by Crippen LogP contribution is -2.37. The third kappa shape index (κ3) is 2.57. The average Bonchev–Trinajstić information content (AvgIpc) is 2.15. The second kappa shape index (κ2) is 5.27. The standard InChI is InChI=1S/C9H17NO2/c11-5-1-2-8-3-4-10-6-9(8)7-12/h7-11H,1-6H2. The third-order valence-corrected chi connectivity index (χ3v) is 2.59. The fourth-order valence-electron chi connectivity index (χ4n) is 1.81. The number of aldehydes is 1. The molecule has 0 aliphatic carbocycles. The van der Waals surface area contributed by atoms with Crippen molar-refractivity contribution < 1.29 is 9.90 Å². The highest BCUT2D eigenvalue weighted by Crippen LogP contribution is 2.22. The van der Waals surface area contributed by atoms with Gasteiger partial charge in [-0.1, -0.05) is 0 Å². The van der Waals surface area contributed by atoms with E-state index in [1.165, 1.54) is 0 Å². The number of aliphatic hydroxyl groups is 1. The van der Waals surface area contributed by atoms with E-state index in [0.29, 0.717) is 5.92 Å². The number of carbonyl (C=O) groups excluding carboxylic acids is 1. The van der Waals surface area contributed by atoms with Crippen LogP contribution in [-0.4, -0.2) is 31.1 Å². The molecule has 1 rings (SSSR count). The Bertz CT molecular complexity index is 138. The largest absolute Gasteiger partial charge is 0.396 e. The first kappa shape index (κ1) is 9.68. The number of hydrogen-bond donors (Lipinski definition) is 2. The summed E-state index contributed by atoms with van der Waals surface area (Å²) in [4.78, 5) is 10.6. The Hall–Kier alpha value is -0.410. The van der Waals surface area contributed by atoms with E-state index < -0.39 is 0 Å². The summed E-state index contributed by atoms with van der Waals surface area (Å²) in [5, 5.41) is 11.9. The van der Waals surface area contributed by atoms with E-state index in [2.05, 4.69) is 5.32 Å². The van der Waals surface area contributed by atoms with E-state index >= 15 is 0 Å². The van der Waals surface area contributed by atoms with Crippen molar-refractivity contribution in [2.45, 2.75) is 19.3 Å². The SMILES string of the molecule is O=CC1CNCCC1CCCO. The predicted octanol–water partition coefficient (Wildman–Crippen LogP) is 0.183. The van der Waals surface area contributed by atoms with Gasteiger partial charge >= 0.3 is 0 Å². The zero-order chi connectivity index (χ0) is 8.81. The molecule has 3 nitrogen and oxygen atoms in total. The Morgan fingerprint density at radius 3 is 3.08 bits per heavy atom. The maximum atomic E-state index is 10.6. The topological polar surface area (TPSA) is 49.3 Å². The number of nitrogens with one attached hydrogen (secondary N) is 1. The van der Waals surface area contributed by atoms with Crippen LogP contribution in [0.15, 0.2) is 0 Å². The number of piperidine rings is 1. The van der Waals surface area contributed by atoms with E-state index in [9.17, 15) is 4.79 Å². The van der Waals surface area contributed by atoms with Crippen LogP contribution in [-0.2, 0) is 4.79 Å². The van der Waals surface area contributed by atoms with Gasteiger partial charge in [0.25, 0.3) is 0 Å². The molecular weight excluding hydrogens is 154 g/mol. The molecule has 1 aliphatic heterocycles. The second-order valence-electron chi connectivity index (χ2n) is 3.42. The van der Waals surface area contributed by atoms with E-state index in [0.717, 1.165) is 38.6 Å². The van der Waals surface area contributed by atoms with E-state index in [-0.39, 0.29) is 12.5 Å². The van der Waals surface area contributed by atoms with Crippen molar-refractivity contribution >= 4 is 6.29 Å². The van der Waals surface area contributed by atoms with Crippen LogP contribution in [0.2, 0.25) is 0 Å². The van der Waals surface area contributed by atoms with Gasteiger partial charge in [-0.25, -0.2) is 0 Å². The van der Waals surface area contributed by atoms with Crippen LogP contribution in [0.5, 0.6) is 0 Å². The average molecular weight is 171 g/mol. The zero-order valence-electron chi connectivity index (χ0n) is 7.33. The molecule has 0 aromatic heterocycles. The fourth-order valence-corrected chi connectivity index (χ4v) is 1.81. The summed E-state index contributed by atoms with van der Waals surface area (Å²) in [6.07, 6.45) is 3.94. The molecule has 0 aromatic rings. The molecular formula is C9H17NO2. The van der Waals surface area contributed by atoms with Crippen molar-refractivity contribution in [3.63, 3.8) is 0 Å². The first-order valence-corrected chi connectivity index (χ1v) is 4.65. The molecule has 0 spiro atoms. The minimum Gasteiger partial charge on any atom is -0.396 e. The van der Waals surface area contributed by atoms with Crippen LogP contribution in [0.3, 0.4) is 0 Å². The van der Waals surface area contributed by atoms with Crippen molar-refractivity contribution in [1.82, 2.24) is 5.32 Å². The Labute approximate surface area is 73.2 Å². The quantitative estimate of drug-likeness (QED) is 0.593. The monoisotopic (exact) mass is 171 g/mol. The molecule has 12 heavy (non-hydrogen) atoms. The van der Waals surface area contributed by atoms with Crippen LogP contribution >= 0.6 is 0 Å². The summed E-state index contributed by atoms with van der Waals surface area (Å²) in [6, 6.07) is 0. The molecule has 2 N–H and O–H groups in total. The number of aliphatic hydroxyl groups excluding tert-OH is 1. The van der Waals surface area contributed by atoms with Gasteiger partial charge in [0.05, 0.1) is 0 Å². The molecule has 0 saturated carbocycles. The minimum atomic E-state index is 0.172. The third-order valence-electron chi connectivity index (χ3n) is 2.59. The van der Waals surface area contributed by atoms with E-state index in [4.69, 9.17) is 5.11 Å². The molecule has 0 radical (unpaired) electrons. The lowest BCUT2D eigenvalue weighted by Gasteiger charge is -2.28. The van der Waals surface area contributed by atoms with Crippen molar-refractivity contribution in [3.05, 3.63) is 0 Å². The minimum absolute atomic E-state index is 0.172. The van der Waals surface area contributed by atoms with E-state index in [1.807, 2.05) is 0 Å². The van der Waals surface area contributed by atoms with Gasteiger partial charge in [-0.2, -0.15) is 0 Å². The summed E-state index contributed by atoms with van der Waals surface area (Å²) in [6.45, 7) is 2.08. The molecule has 1 heterocycles. The molecule has 0 amide bonds. The second-order valence-corrected chi connectivity index (χ2v) is 3.42. The number of hydrogen-bond acceptors (Lipinski definition) is 3. The Morgan fingerprint density at radius 1 is 1.58 bits per heavy atom. The van der Waals surface area contributed by atoms with Crippen molar-refractivity contribution in [2.75, 3.05) is 19.7 Å². The zero-order valence-corrected chi connectivity index (χ0v) is 7.33. The van der Waals surface area contributed by atoms with Crippen molar-refractivity contribution in [3.8, 4) is 0 Å². The molecule has 70 valence electrons. The lowest BCUT2D eigenvalue weighted by atomic mass is 9.84. The fraction of sp³-hybridized carbons (Fsp3) is 0.889. The maximum Gasteiger partial charge on any atom is 0.124 e. The highest BCUT2D eigenvalue weighted by atomic mass is 16.2. The molecule has 0 aromatic carbocycles. The van der Waals surface area contributed by atoms with Crippen LogP contribution < -0.4 is 5.32 Å². The van der Waals surface area contributed by atoms with Crippen LogP contribution in [0.4, 0.5) is 0 Å². The first-order chi connectivity index (χ1) is 5.88. The van der Waals surface area contributed by atoms with Crippen LogP contribution in [0, 0.1) is 11.8 Å². The van der Waals surface area contributed by atoms with Gasteiger partial charge in [0.1, 0.15) is 6.29 Å². The van der Waals surface area contributed by atoms with Gasteiger partial charge in [0, 0.05) is 19.1 Å². The summed E-state index contributed by atoms with van der Waals surface area (Å²) in [5.41, 5.74) is 0. The Kier molecular flexibility index (Phi) is 4.25. The molecule has 1 aliphatic rings. The molecule has 0 bridgehead atoms.